The lowest BCUT2D eigenvalue weighted by atomic mass is 10.1. The van der Waals surface area contributed by atoms with Crippen molar-refractivity contribution in [2.24, 2.45) is 5.84 Å². The monoisotopic (exact) mass is 175 g/mol. The Labute approximate surface area is 78.1 Å². The van der Waals surface area contributed by atoms with E-state index in [-0.39, 0.29) is 0 Å². The van der Waals surface area contributed by atoms with Gasteiger partial charge in [-0.15, -0.1) is 0 Å². The lowest BCUT2D eigenvalue weighted by molar-refractivity contribution is 0.850. The van der Waals surface area contributed by atoms with Gasteiger partial charge in [-0.2, -0.15) is 5.26 Å². The predicted octanol–water partition coefficient (Wildman–Crippen LogP) is 1.82. The Morgan fingerprint density at radius 3 is 2.54 bits per heavy atom. The third-order valence-corrected chi connectivity index (χ3v) is 1.87. The summed E-state index contributed by atoms with van der Waals surface area (Å²) in [6.45, 7) is 0. The molecule has 0 fully saturated rings. The molecular weight excluding hydrogens is 162 g/mol. The molecule has 1 aromatic rings. The fraction of sp³-hybridized carbons (Fsp3) is 0.300. The smallest absolute Gasteiger partial charge is 0.0621 e. The SMILES string of the molecule is N#CCCCc1ccc(NN)cc1. The highest BCUT2D eigenvalue weighted by molar-refractivity contribution is 5.43. The first kappa shape index (κ1) is 9.56. The number of nitrogens with two attached hydrogens (primary N) is 1. The average molecular weight is 175 g/mol. The van der Waals surface area contributed by atoms with Crippen LogP contribution in [0.2, 0.25) is 0 Å². The van der Waals surface area contributed by atoms with Crippen LogP contribution in [-0.4, -0.2) is 0 Å². The first-order valence-corrected chi connectivity index (χ1v) is 4.29. The standard InChI is InChI=1S/C10H13N3/c11-8-2-1-3-9-4-6-10(13-12)7-5-9/h4-7,13H,1-3,12H2. The Hall–Kier alpha value is -1.53. The van der Waals surface area contributed by atoms with Crippen molar-refractivity contribution in [3.05, 3.63) is 29.8 Å². The maximum Gasteiger partial charge on any atom is 0.0621 e. The van der Waals surface area contributed by atoms with Crippen molar-refractivity contribution in [3.63, 3.8) is 0 Å². The van der Waals surface area contributed by atoms with E-state index in [0.717, 1.165) is 18.5 Å². The number of unbranched alkanes of at least 4 members (excludes halogenated alkanes) is 1. The summed E-state index contributed by atoms with van der Waals surface area (Å²) in [6.07, 6.45) is 2.50. The number of aryl methyl sites for hydroxylation is 1. The summed E-state index contributed by atoms with van der Waals surface area (Å²) < 4.78 is 0. The van der Waals surface area contributed by atoms with E-state index < -0.39 is 0 Å². The molecular formula is C10H13N3. The number of hydrogen-bond acceptors (Lipinski definition) is 3. The number of rotatable bonds is 4. The second-order valence-corrected chi connectivity index (χ2v) is 2.85. The van der Waals surface area contributed by atoms with Crippen LogP contribution in [0.5, 0.6) is 0 Å². The first-order chi connectivity index (χ1) is 6.36. The largest absolute Gasteiger partial charge is 0.324 e. The molecule has 0 saturated carbocycles. The first-order valence-electron chi connectivity index (χ1n) is 4.29. The summed E-state index contributed by atoms with van der Waals surface area (Å²) in [5, 5.41) is 8.35. The maximum absolute atomic E-state index is 8.35. The molecule has 1 rings (SSSR count). The summed E-state index contributed by atoms with van der Waals surface area (Å²) in [5.41, 5.74) is 4.72. The predicted molar refractivity (Wildman–Crippen MR) is 52.8 cm³/mol. The number of anilines is 1. The number of benzene rings is 1. The normalized spacial score (nSPS) is 9.23. The number of nitrogen functional groups attached to an aromatic ring is 1. The lowest BCUT2D eigenvalue weighted by Crippen LogP contribution is -2.06. The van der Waals surface area contributed by atoms with Crippen molar-refractivity contribution >= 4 is 5.69 Å². The Morgan fingerprint density at radius 1 is 1.31 bits per heavy atom. The fourth-order valence-electron chi connectivity index (χ4n) is 1.14. The van der Waals surface area contributed by atoms with Crippen LogP contribution in [0.1, 0.15) is 18.4 Å². The van der Waals surface area contributed by atoms with Gasteiger partial charge < -0.3 is 5.43 Å². The van der Waals surface area contributed by atoms with Crippen molar-refractivity contribution in [3.8, 4) is 6.07 Å². The van der Waals surface area contributed by atoms with Crippen LogP contribution >= 0.6 is 0 Å². The van der Waals surface area contributed by atoms with E-state index in [9.17, 15) is 0 Å². The molecule has 0 radical (unpaired) electrons. The Bertz CT molecular complexity index is 284. The molecule has 0 aliphatic carbocycles. The molecule has 0 atom stereocenters. The quantitative estimate of drug-likeness (QED) is 0.417. The topological polar surface area (TPSA) is 61.8 Å². The third kappa shape index (κ3) is 3.14. The summed E-state index contributed by atoms with van der Waals surface area (Å²) in [7, 11) is 0. The van der Waals surface area contributed by atoms with E-state index in [0.29, 0.717) is 6.42 Å². The van der Waals surface area contributed by atoms with Crippen molar-refractivity contribution < 1.29 is 0 Å². The summed E-state index contributed by atoms with van der Waals surface area (Å²) >= 11 is 0. The Morgan fingerprint density at radius 2 is 2.00 bits per heavy atom. The molecule has 13 heavy (non-hydrogen) atoms. The molecule has 0 saturated heterocycles. The van der Waals surface area contributed by atoms with Crippen LogP contribution in [0.4, 0.5) is 5.69 Å². The van der Waals surface area contributed by atoms with Crippen LogP contribution in [0, 0.1) is 11.3 Å². The third-order valence-electron chi connectivity index (χ3n) is 1.87. The highest BCUT2D eigenvalue weighted by atomic mass is 15.2. The zero-order valence-electron chi connectivity index (χ0n) is 7.46. The maximum atomic E-state index is 8.35. The molecule has 0 spiro atoms. The van der Waals surface area contributed by atoms with E-state index in [2.05, 4.69) is 11.5 Å². The van der Waals surface area contributed by atoms with Crippen molar-refractivity contribution in [2.75, 3.05) is 5.43 Å². The van der Waals surface area contributed by atoms with Gasteiger partial charge in [0.05, 0.1) is 6.07 Å². The Balaban J connectivity index is 2.45. The van der Waals surface area contributed by atoms with Crippen LogP contribution in [0.15, 0.2) is 24.3 Å². The fourth-order valence-corrected chi connectivity index (χ4v) is 1.14. The van der Waals surface area contributed by atoms with Crippen LogP contribution in [0.25, 0.3) is 0 Å². The van der Waals surface area contributed by atoms with Gasteiger partial charge in [0.25, 0.3) is 0 Å². The molecule has 0 heterocycles. The minimum Gasteiger partial charge on any atom is -0.324 e. The van der Waals surface area contributed by atoms with Gasteiger partial charge in [-0.3, -0.25) is 5.84 Å². The molecule has 0 aromatic heterocycles. The van der Waals surface area contributed by atoms with Gasteiger partial charge in [-0.1, -0.05) is 12.1 Å². The second-order valence-electron chi connectivity index (χ2n) is 2.85. The molecule has 3 nitrogen and oxygen atoms in total. The average Bonchev–Trinajstić information content (AvgIpc) is 2.19. The lowest BCUT2D eigenvalue weighted by Gasteiger charge is -2.01. The van der Waals surface area contributed by atoms with Crippen LogP contribution < -0.4 is 11.3 Å². The molecule has 0 unspecified atom stereocenters. The van der Waals surface area contributed by atoms with Crippen LogP contribution in [0.3, 0.4) is 0 Å². The molecule has 0 aliphatic heterocycles. The van der Waals surface area contributed by atoms with E-state index in [4.69, 9.17) is 11.1 Å². The van der Waals surface area contributed by atoms with E-state index in [1.54, 1.807) is 0 Å². The molecule has 3 N–H and O–H groups in total. The zero-order valence-corrected chi connectivity index (χ0v) is 7.46. The number of hydrazine groups is 1. The minimum atomic E-state index is 0.622. The van der Waals surface area contributed by atoms with Gasteiger partial charge in [-0.25, -0.2) is 0 Å². The molecule has 3 heteroatoms. The van der Waals surface area contributed by atoms with E-state index >= 15 is 0 Å². The minimum absolute atomic E-state index is 0.622. The molecule has 68 valence electrons. The number of hydrogen-bond donors (Lipinski definition) is 2. The molecule has 1 aromatic carbocycles. The van der Waals surface area contributed by atoms with E-state index in [1.165, 1.54) is 5.56 Å². The highest BCUT2D eigenvalue weighted by Gasteiger charge is 1.93. The van der Waals surface area contributed by atoms with Gasteiger partial charge in [0.1, 0.15) is 0 Å². The van der Waals surface area contributed by atoms with Crippen LogP contribution in [-0.2, 0) is 6.42 Å². The highest BCUT2D eigenvalue weighted by Crippen LogP contribution is 2.10. The van der Waals surface area contributed by atoms with Gasteiger partial charge in [0, 0.05) is 12.1 Å². The van der Waals surface area contributed by atoms with Gasteiger partial charge in [0.15, 0.2) is 0 Å². The second kappa shape index (κ2) is 5.18. The molecule has 0 bridgehead atoms. The Kier molecular flexibility index (Phi) is 3.80. The number of nitriles is 1. The molecule has 0 aliphatic rings. The van der Waals surface area contributed by atoms with E-state index in [1.807, 2.05) is 24.3 Å². The summed E-state index contributed by atoms with van der Waals surface area (Å²) in [5.74, 6) is 5.23. The summed E-state index contributed by atoms with van der Waals surface area (Å²) in [6, 6.07) is 10.0. The zero-order chi connectivity index (χ0) is 9.52. The number of nitrogens with zero attached hydrogens (tertiary/aromatic N) is 1. The summed E-state index contributed by atoms with van der Waals surface area (Å²) in [4.78, 5) is 0. The van der Waals surface area contributed by atoms with Crippen molar-refractivity contribution in [2.45, 2.75) is 19.3 Å². The number of nitrogens with one attached hydrogen (secondary N) is 1. The van der Waals surface area contributed by atoms with Crippen molar-refractivity contribution in [1.82, 2.24) is 0 Å². The van der Waals surface area contributed by atoms with Crippen molar-refractivity contribution in [1.29, 1.82) is 5.26 Å². The van der Waals surface area contributed by atoms with Gasteiger partial charge >= 0.3 is 0 Å². The van der Waals surface area contributed by atoms with Gasteiger partial charge in [-0.05, 0) is 30.5 Å². The molecule has 0 amide bonds. The van der Waals surface area contributed by atoms with Gasteiger partial charge in [0.2, 0.25) is 0 Å².